The van der Waals surface area contributed by atoms with E-state index >= 15 is 0 Å². The minimum atomic E-state index is -0.413. The van der Waals surface area contributed by atoms with Gasteiger partial charge in [-0.05, 0) is 36.2 Å². The van der Waals surface area contributed by atoms with Gasteiger partial charge in [-0.1, -0.05) is 18.2 Å². The molecule has 3 rings (SSSR count). The van der Waals surface area contributed by atoms with Crippen molar-refractivity contribution in [3.05, 3.63) is 53.8 Å². The second kappa shape index (κ2) is 6.05. The predicted molar refractivity (Wildman–Crippen MR) is 86.4 cm³/mol. The molecule has 5 heteroatoms. The number of nitrogen functional groups attached to an aromatic ring is 1. The number of hydrogen-bond acceptors (Lipinski definition) is 3. The van der Waals surface area contributed by atoms with Crippen molar-refractivity contribution in [3.63, 3.8) is 0 Å². The summed E-state index contributed by atoms with van der Waals surface area (Å²) in [7, 11) is 0. The lowest BCUT2D eigenvalue weighted by molar-refractivity contribution is -0.116. The van der Waals surface area contributed by atoms with Crippen LogP contribution in [0.3, 0.4) is 0 Å². The monoisotopic (exact) mass is 299 g/mol. The largest absolute Gasteiger partial charge is 0.397 e. The fourth-order valence-electron chi connectivity index (χ4n) is 2.74. The molecule has 0 saturated heterocycles. The Balaban J connectivity index is 1.57. The van der Waals surface area contributed by atoms with Crippen molar-refractivity contribution >= 4 is 23.0 Å². The maximum absolute atomic E-state index is 13.0. The van der Waals surface area contributed by atoms with E-state index in [4.69, 9.17) is 5.73 Å². The topological polar surface area (TPSA) is 58.4 Å². The van der Waals surface area contributed by atoms with Crippen LogP contribution in [0.4, 0.5) is 21.5 Å². The highest BCUT2D eigenvalue weighted by atomic mass is 19.1. The van der Waals surface area contributed by atoms with Gasteiger partial charge in [0.25, 0.3) is 0 Å². The van der Waals surface area contributed by atoms with E-state index in [1.165, 1.54) is 29.4 Å². The summed E-state index contributed by atoms with van der Waals surface area (Å²) < 4.78 is 13.0. The van der Waals surface area contributed by atoms with Gasteiger partial charge in [-0.15, -0.1) is 0 Å². The Labute approximate surface area is 128 Å². The van der Waals surface area contributed by atoms with E-state index in [0.29, 0.717) is 18.7 Å². The van der Waals surface area contributed by atoms with Crippen LogP contribution in [0.1, 0.15) is 12.0 Å². The van der Waals surface area contributed by atoms with Crippen LogP contribution in [0.5, 0.6) is 0 Å². The number of carbonyl (C=O) groups is 1. The van der Waals surface area contributed by atoms with Crippen LogP contribution in [0.2, 0.25) is 0 Å². The van der Waals surface area contributed by atoms with Crippen LogP contribution >= 0.6 is 0 Å². The average Bonchev–Trinajstić information content (AvgIpc) is 2.91. The van der Waals surface area contributed by atoms with Crippen LogP contribution in [-0.2, 0) is 11.2 Å². The molecule has 0 fully saturated rings. The van der Waals surface area contributed by atoms with E-state index in [9.17, 15) is 9.18 Å². The van der Waals surface area contributed by atoms with E-state index in [1.807, 2.05) is 12.1 Å². The third kappa shape index (κ3) is 3.03. The summed E-state index contributed by atoms with van der Waals surface area (Å²) in [5.41, 5.74) is 8.90. The molecule has 0 spiro atoms. The number of para-hydroxylation sites is 1. The molecule has 1 amide bonds. The molecule has 0 unspecified atom stereocenters. The fourth-order valence-corrected chi connectivity index (χ4v) is 2.74. The van der Waals surface area contributed by atoms with Gasteiger partial charge < -0.3 is 16.0 Å². The molecular weight excluding hydrogens is 281 g/mol. The van der Waals surface area contributed by atoms with Gasteiger partial charge in [-0.3, -0.25) is 4.79 Å². The highest BCUT2D eigenvalue weighted by Crippen LogP contribution is 2.27. The third-order valence-electron chi connectivity index (χ3n) is 3.88. The minimum absolute atomic E-state index is 0.123. The molecule has 114 valence electrons. The Hall–Kier alpha value is -2.56. The number of benzene rings is 2. The number of nitrogens with one attached hydrogen (secondary N) is 1. The number of nitrogens with zero attached hydrogens (tertiary/aromatic N) is 1. The number of fused-ring (bicyclic) bond motifs is 1. The number of amides is 1. The zero-order valence-corrected chi connectivity index (χ0v) is 12.2. The summed E-state index contributed by atoms with van der Waals surface area (Å²) in [5, 5.41) is 2.73. The summed E-state index contributed by atoms with van der Waals surface area (Å²) >= 11 is 0. The first-order valence-electron chi connectivity index (χ1n) is 7.31. The van der Waals surface area contributed by atoms with Crippen molar-refractivity contribution in [2.24, 2.45) is 0 Å². The maximum Gasteiger partial charge on any atom is 0.226 e. The molecule has 1 heterocycles. The minimum Gasteiger partial charge on any atom is -0.397 e. The smallest absolute Gasteiger partial charge is 0.226 e. The normalized spacial score (nSPS) is 13.0. The lowest BCUT2D eigenvalue weighted by Crippen LogP contribution is -2.26. The van der Waals surface area contributed by atoms with Crippen LogP contribution in [-0.4, -0.2) is 19.0 Å². The molecule has 0 bridgehead atoms. The molecule has 0 saturated carbocycles. The molecule has 0 aliphatic carbocycles. The second-order valence-corrected chi connectivity index (χ2v) is 5.40. The molecule has 2 aromatic rings. The van der Waals surface area contributed by atoms with E-state index in [2.05, 4.69) is 22.3 Å². The number of rotatable bonds is 4. The highest BCUT2D eigenvalue weighted by molar-refractivity contribution is 5.94. The zero-order valence-electron chi connectivity index (χ0n) is 12.2. The molecule has 1 aliphatic heterocycles. The Kier molecular flexibility index (Phi) is 3.96. The van der Waals surface area contributed by atoms with Crippen molar-refractivity contribution in [1.29, 1.82) is 0 Å². The molecule has 0 radical (unpaired) electrons. The zero-order chi connectivity index (χ0) is 15.5. The Bertz CT molecular complexity index is 702. The van der Waals surface area contributed by atoms with Crippen molar-refractivity contribution in [1.82, 2.24) is 0 Å². The van der Waals surface area contributed by atoms with Crippen molar-refractivity contribution in [3.8, 4) is 0 Å². The Morgan fingerprint density at radius 3 is 2.91 bits per heavy atom. The number of hydrogen-bond donors (Lipinski definition) is 2. The molecule has 4 nitrogen and oxygen atoms in total. The molecule has 0 atom stereocenters. The predicted octanol–water partition coefficient (Wildman–Crippen LogP) is 2.80. The lowest BCUT2D eigenvalue weighted by atomic mass is 10.2. The summed E-state index contributed by atoms with van der Waals surface area (Å²) in [5.74, 6) is -0.535. The quantitative estimate of drug-likeness (QED) is 0.854. The standard InChI is InChI=1S/C17H18FN3O/c18-13-5-6-15(14(19)11-13)20-17(22)8-10-21-9-7-12-3-1-2-4-16(12)21/h1-6,11H,7-10,19H2,(H,20,22). The van der Waals surface area contributed by atoms with Gasteiger partial charge in [0, 0.05) is 25.2 Å². The first-order chi connectivity index (χ1) is 10.6. The lowest BCUT2D eigenvalue weighted by Gasteiger charge is -2.19. The highest BCUT2D eigenvalue weighted by Gasteiger charge is 2.18. The Morgan fingerprint density at radius 2 is 2.09 bits per heavy atom. The Morgan fingerprint density at radius 1 is 1.27 bits per heavy atom. The molecule has 1 aliphatic rings. The summed E-state index contributed by atoms with van der Waals surface area (Å²) in [6.07, 6.45) is 1.38. The fraction of sp³-hybridized carbons (Fsp3) is 0.235. The molecular formula is C17H18FN3O. The van der Waals surface area contributed by atoms with Crippen LogP contribution in [0, 0.1) is 5.82 Å². The van der Waals surface area contributed by atoms with Gasteiger partial charge in [-0.25, -0.2) is 4.39 Å². The van der Waals surface area contributed by atoms with Gasteiger partial charge >= 0.3 is 0 Å². The van der Waals surface area contributed by atoms with Gasteiger partial charge in [0.15, 0.2) is 0 Å². The van der Waals surface area contributed by atoms with Crippen LogP contribution < -0.4 is 16.0 Å². The number of halogens is 1. The van der Waals surface area contributed by atoms with Crippen molar-refractivity contribution in [2.75, 3.05) is 29.0 Å². The van der Waals surface area contributed by atoms with Gasteiger partial charge in [0.1, 0.15) is 5.82 Å². The van der Waals surface area contributed by atoms with Crippen molar-refractivity contribution < 1.29 is 9.18 Å². The molecule has 3 N–H and O–H groups in total. The number of nitrogens with two attached hydrogens (primary N) is 1. The second-order valence-electron chi connectivity index (χ2n) is 5.40. The van der Waals surface area contributed by atoms with E-state index in [1.54, 1.807) is 0 Å². The van der Waals surface area contributed by atoms with Gasteiger partial charge in [-0.2, -0.15) is 0 Å². The van der Waals surface area contributed by atoms with Crippen LogP contribution in [0.15, 0.2) is 42.5 Å². The first-order valence-corrected chi connectivity index (χ1v) is 7.31. The third-order valence-corrected chi connectivity index (χ3v) is 3.88. The van der Waals surface area contributed by atoms with Gasteiger partial charge in [0.2, 0.25) is 5.91 Å². The SMILES string of the molecule is Nc1cc(F)ccc1NC(=O)CCN1CCc2ccccc21. The number of anilines is 3. The molecule has 22 heavy (non-hydrogen) atoms. The van der Waals surface area contributed by atoms with Crippen molar-refractivity contribution in [2.45, 2.75) is 12.8 Å². The maximum atomic E-state index is 13.0. The van der Waals surface area contributed by atoms with E-state index < -0.39 is 5.82 Å². The number of carbonyl (C=O) groups excluding carboxylic acids is 1. The van der Waals surface area contributed by atoms with Crippen LogP contribution in [0.25, 0.3) is 0 Å². The average molecular weight is 299 g/mol. The summed E-state index contributed by atoms with van der Waals surface area (Å²) in [6, 6.07) is 12.2. The summed E-state index contributed by atoms with van der Waals surface area (Å²) in [4.78, 5) is 14.2. The molecule has 0 aromatic heterocycles. The van der Waals surface area contributed by atoms with Gasteiger partial charge in [0.05, 0.1) is 11.4 Å². The van der Waals surface area contributed by atoms with E-state index in [0.717, 1.165) is 13.0 Å². The van der Waals surface area contributed by atoms with E-state index in [-0.39, 0.29) is 11.6 Å². The molecule has 2 aromatic carbocycles. The summed E-state index contributed by atoms with van der Waals surface area (Å²) in [6.45, 7) is 1.59. The first kappa shape index (κ1) is 14.4.